The Labute approximate surface area is 180 Å². The Balaban J connectivity index is 1.30. The standard InChI is InChI=1S/C25H22N2O2S/c1-18-7-13-22(14-8-18)29-16-24(28)26-15-19-9-11-20(12-10-19)23-17-30-25(27-23)21-5-3-2-4-6-21/h2-14,17H,15-16H2,1H3,(H,26,28). The van der Waals surface area contributed by atoms with Gasteiger partial charge in [-0.05, 0) is 24.6 Å². The van der Waals surface area contributed by atoms with Crippen molar-refractivity contribution in [3.05, 3.63) is 95.4 Å². The molecule has 4 nitrogen and oxygen atoms in total. The number of carbonyl (C=O) groups excluding carboxylic acids is 1. The quantitative estimate of drug-likeness (QED) is 0.436. The molecule has 150 valence electrons. The maximum Gasteiger partial charge on any atom is 0.258 e. The van der Waals surface area contributed by atoms with Crippen LogP contribution in [-0.2, 0) is 11.3 Å². The first-order valence-electron chi connectivity index (χ1n) is 9.74. The summed E-state index contributed by atoms with van der Waals surface area (Å²) in [4.78, 5) is 16.8. The Hall–Kier alpha value is -3.44. The maximum atomic E-state index is 12.0. The highest BCUT2D eigenvalue weighted by Gasteiger charge is 2.07. The lowest BCUT2D eigenvalue weighted by molar-refractivity contribution is -0.123. The third-order valence-corrected chi connectivity index (χ3v) is 5.55. The van der Waals surface area contributed by atoms with Crippen molar-refractivity contribution in [1.82, 2.24) is 10.3 Å². The van der Waals surface area contributed by atoms with Crippen LogP contribution in [0.5, 0.6) is 5.75 Å². The second kappa shape index (κ2) is 9.37. The molecular weight excluding hydrogens is 392 g/mol. The molecule has 0 fully saturated rings. The molecule has 0 saturated carbocycles. The molecule has 0 radical (unpaired) electrons. The van der Waals surface area contributed by atoms with Crippen molar-refractivity contribution in [3.8, 4) is 27.6 Å². The molecule has 0 aliphatic rings. The van der Waals surface area contributed by atoms with E-state index < -0.39 is 0 Å². The highest BCUT2D eigenvalue weighted by molar-refractivity contribution is 7.13. The minimum atomic E-state index is -0.147. The van der Waals surface area contributed by atoms with Gasteiger partial charge in [-0.25, -0.2) is 4.98 Å². The number of aromatic nitrogens is 1. The first kappa shape index (κ1) is 19.9. The maximum absolute atomic E-state index is 12.0. The highest BCUT2D eigenvalue weighted by Crippen LogP contribution is 2.28. The molecule has 0 bridgehead atoms. The predicted octanol–water partition coefficient (Wildman–Crippen LogP) is 5.48. The van der Waals surface area contributed by atoms with Gasteiger partial charge >= 0.3 is 0 Å². The summed E-state index contributed by atoms with van der Waals surface area (Å²) in [7, 11) is 0. The van der Waals surface area contributed by atoms with E-state index >= 15 is 0 Å². The van der Waals surface area contributed by atoms with Crippen molar-refractivity contribution in [2.75, 3.05) is 6.61 Å². The number of carbonyl (C=O) groups is 1. The van der Waals surface area contributed by atoms with Crippen LogP contribution in [0, 0.1) is 6.92 Å². The zero-order valence-corrected chi connectivity index (χ0v) is 17.5. The summed E-state index contributed by atoms with van der Waals surface area (Å²) < 4.78 is 5.51. The number of benzene rings is 3. The van der Waals surface area contributed by atoms with Crippen molar-refractivity contribution in [1.29, 1.82) is 0 Å². The SMILES string of the molecule is Cc1ccc(OCC(=O)NCc2ccc(-c3csc(-c4ccccc4)n3)cc2)cc1. The van der Waals surface area contributed by atoms with Gasteiger partial charge in [0, 0.05) is 23.1 Å². The highest BCUT2D eigenvalue weighted by atomic mass is 32.1. The van der Waals surface area contributed by atoms with Crippen LogP contribution in [0.25, 0.3) is 21.8 Å². The minimum Gasteiger partial charge on any atom is -0.484 e. The van der Waals surface area contributed by atoms with E-state index in [0.29, 0.717) is 12.3 Å². The Kier molecular flexibility index (Phi) is 6.20. The Morgan fingerprint density at radius 3 is 2.40 bits per heavy atom. The smallest absolute Gasteiger partial charge is 0.258 e. The van der Waals surface area contributed by atoms with Gasteiger partial charge in [-0.1, -0.05) is 72.3 Å². The van der Waals surface area contributed by atoms with E-state index in [1.807, 2.05) is 73.7 Å². The number of hydrogen-bond acceptors (Lipinski definition) is 4. The van der Waals surface area contributed by atoms with Crippen LogP contribution in [0.3, 0.4) is 0 Å². The third kappa shape index (κ3) is 5.13. The predicted molar refractivity (Wildman–Crippen MR) is 122 cm³/mol. The van der Waals surface area contributed by atoms with Gasteiger partial charge in [0.15, 0.2) is 6.61 Å². The topological polar surface area (TPSA) is 51.2 Å². The number of amides is 1. The van der Waals surface area contributed by atoms with E-state index in [1.165, 1.54) is 0 Å². The van der Waals surface area contributed by atoms with Crippen molar-refractivity contribution < 1.29 is 9.53 Å². The van der Waals surface area contributed by atoms with Gasteiger partial charge in [-0.2, -0.15) is 0 Å². The third-order valence-electron chi connectivity index (χ3n) is 4.66. The summed E-state index contributed by atoms with van der Waals surface area (Å²) in [6.07, 6.45) is 0. The zero-order valence-electron chi connectivity index (χ0n) is 16.7. The lowest BCUT2D eigenvalue weighted by atomic mass is 10.1. The number of thiazole rings is 1. The van der Waals surface area contributed by atoms with E-state index in [0.717, 1.165) is 33.0 Å². The molecule has 0 aliphatic carbocycles. The van der Waals surface area contributed by atoms with Crippen molar-refractivity contribution in [2.45, 2.75) is 13.5 Å². The second-order valence-corrected chi connectivity index (χ2v) is 7.84. The number of aryl methyl sites for hydroxylation is 1. The first-order valence-corrected chi connectivity index (χ1v) is 10.6. The monoisotopic (exact) mass is 414 g/mol. The fourth-order valence-corrected chi connectivity index (χ4v) is 3.78. The Morgan fingerprint density at radius 2 is 1.67 bits per heavy atom. The fraction of sp³-hybridized carbons (Fsp3) is 0.120. The summed E-state index contributed by atoms with van der Waals surface area (Å²) >= 11 is 1.64. The number of nitrogens with one attached hydrogen (secondary N) is 1. The largest absolute Gasteiger partial charge is 0.484 e. The Morgan fingerprint density at radius 1 is 0.933 bits per heavy atom. The molecule has 1 amide bonds. The Bertz CT molecular complexity index is 1100. The molecule has 0 unspecified atom stereocenters. The van der Waals surface area contributed by atoms with Gasteiger partial charge in [-0.15, -0.1) is 11.3 Å². The average Bonchev–Trinajstić information content (AvgIpc) is 3.29. The van der Waals surface area contributed by atoms with Crippen molar-refractivity contribution in [3.63, 3.8) is 0 Å². The fourth-order valence-electron chi connectivity index (χ4n) is 2.95. The zero-order chi connectivity index (χ0) is 20.8. The molecule has 0 spiro atoms. The molecule has 4 rings (SSSR count). The molecular formula is C25H22N2O2S. The van der Waals surface area contributed by atoms with E-state index in [4.69, 9.17) is 9.72 Å². The lowest BCUT2D eigenvalue weighted by Gasteiger charge is -2.08. The van der Waals surface area contributed by atoms with Gasteiger partial charge in [0.05, 0.1) is 5.69 Å². The van der Waals surface area contributed by atoms with Crippen LogP contribution in [0.4, 0.5) is 0 Å². The molecule has 4 aromatic rings. The van der Waals surface area contributed by atoms with Gasteiger partial charge in [0.1, 0.15) is 10.8 Å². The van der Waals surface area contributed by atoms with E-state index in [1.54, 1.807) is 11.3 Å². The van der Waals surface area contributed by atoms with E-state index in [-0.39, 0.29) is 12.5 Å². The van der Waals surface area contributed by atoms with Crippen LogP contribution >= 0.6 is 11.3 Å². The summed E-state index contributed by atoms with van der Waals surface area (Å²) in [6.45, 7) is 2.48. The van der Waals surface area contributed by atoms with Crippen molar-refractivity contribution in [2.24, 2.45) is 0 Å². The van der Waals surface area contributed by atoms with Gasteiger partial charge in [0.2, 0.25) is 0 Å². The molecule has 0 saturated heterocycles. The van der Waals surface area contributed by atoms with Crippen molar-refractivity contribution >= 4 is 17.2 Å². The average molecular weight is 415 g/mol. The summed E-state index contributed by atoms with van der Waals surface area (Å²) in [6, 6.07) is 25.9. The number of rotatable bonds is 7. The van der Waals surface area contributed by atoms with E-state index in [2.05, 4.69) is 22.8 Å². The normalized spacial score (nSPS) is 10.6. The molecule has 1 N–H and O–H groups in total. The molecule has 1 heterocycles. The molecule has 0 aliphatic heterocycles. The van der Waals surface area contributed by atoms with Crippen LogP contribution in [0.2, 0.25) is 0 Å². The van der Waals surface area contributed by atoms with Crippen LogP contribution in [-0.4, -0.2) is 17.5 Å². The van der Waals surface area contributed by atoms with Crippen LogP contribution < -0.4 is 10.1 Å². The molecule has 5 heteroatoms. The molecule has 3 aromatic carbocycles. The van der Waals surface area contributed by atoms with E-state index in [9.17, 15) is 4.79 Å². The number of nitrogens with zero attached hydrogens (tertiary/aromatic N) is 1. The summed E-state index contributed by atoms with van der Waals surface area (Å²) in [5.41, 5.74) is 5.33. The summed E-state index contributed by atoms with van der Waals surface area (Å²) in [5.74, 6) is 0.546. The molecule has 1 aromatic heterocycles. The number of ether oxygens (including phenoxy) is 1. The molecule has 30 heavy (non-hydrogen) atoms. The molecule has 0 atom stereocenters. The first-order chi connectivity index (χ1) is 14.7. The minimum absolute atomic E-state index is 0.00221. The van der Waals surface area contributed by atoms with Gasteiger partial charge < -0.3 is 10.1 Å². The number of hydrogen-bond donors (Lipinski definition) is 1. The van der Waals surface area contributed by atoms with Crippen LogP contribution in [0.15, 0.2) is 84.2 Å². The van der Waals surface area contributed by atoms with Gasteiger partial charge in [0.25, 0.3) is 5.91 Å². The lowest BCUT2D eigenvalue weighted by Crippen LogP contribution is -2.28. The van der Waals surface area contributed by atoms with Crippen LogP contribution in [0.1, 0.15) is 11.1 Å². The van der Waals surface area contributed by atoms with Gasteiger partial charge in [-0.3, -0.25) is 4.79 Å². The second-order valence-electron chi connectivity index (χ2n) is 6.98. The summed E-state index contributed by atoms with van der Waals surface area (Å²) in [5, 5.41) is 5.97.